The number of H-pyrrole nitrogens is 1. The zero-order valence-electron chi connectivity index (χ0n) is 15.3. The summed E-state index contributed by atoms with van der Waals surface area (Å²) in [6, 6.07) is 5.28. The summed E-state index contributed by atoms with van der Waals surface area (Å²) in [6.07, 6.45) is 3.04. The fraction of sp³-hybridized carbons (Fsp3) is 0.222. The summed E-state index contributed by atoms with van der Waals surface area (Å²) in [5.41, 5.74) is 0.156. The SMILES string of the molecule is O=c1[nH]c2cc(Br)sc2c(=O)n1-c1cncc2ccc(N3CCS(=O)(=O)CC3)nc12. The van der Waals surface area contributed by atoms with Crippen LogP contribution in [-0.2, 0) is 9.84 Å². The largest absolute Gasteiger partial charge is 0.355 e. The molecule has 5 rings (SSSR count). The molecule has 0 atom stereocenters. The van der Waals surface area contributed by atoms with Gasteiger partial charge < -0.3 is 9.88 Å². The van der Waals surface area contributed by atoms with E-state index < -0.39 is 21.1 Å². The van der Waals surface area contributed by atoms with Gasteiger partial charge in [-0.1, -0.05) is 0 Å². The van der Waals surface area contributed by atoms with Crippen molar-refractivity contribution < 1.29 is 8.42 Å². The van der Waals surface area contributed by atoms with Gasteiger partial charge in [0.2, 0.25) is 0 Å². The molecule has 1 N–H and O–H groups in total. The molecular formula is C18H14BrN5O4S2. The van der Waals surface area contributed by atoms with Crippen molar-refractivity contribution >= 4 is 64.0 Å². The summed E-state index contributed by atoms with van der Waals surface area (Å²) in [5, 5.41) is 0.666. The maximum atomic E-state index is 13.1. The second kappa shape index (κ2) is 7.00. The van der Waals surface area contributed by atoms with E-state index in [1.807, 2.05) is 4.90 Å². The number of aromatic amines is 1. The van der Waals surface area contributed by atoms with E-state index in [9.17, 15) is 18.0 Å². The van der Waals surface area contributed by atoms with Crippen molar-refractivity contribution in [1.29, 1.82) is 0 Å². The van der Waals surface area contributed by atoms with Crippen molar-refractivity contribution in [2.45, 2.75) is 0 Å². The molecule has 0 aromatic carbocycles. The summed E-state index contributed by atoms with van der Waals surface area (Å²) in [7, 11) is -3.02. The number of pyridine rings is 2. The van der Waals surface area contributed by atoms with Gasteiger partial charge in [0.25, 0.3) is 5.56 Å². The summed E-state index contributed by atoms with van der Waals surface area (Å²) in [4.78, 5) is 39.2. The first kappa shape index (κ1) is 19.4. The summed E-state index contributed by atoms with van der Waals surface area (Å²) < 4.78 is 25.6. The highest BCUT2D eigenvalue weighted by Gasteiger charge is 2.23. The lowest BCUT2D eigenvalue weighted by Gasteiger charge is -2.27. The Labute approximate surface area is 182 Å². The molecule has 4 aromatic heterocycles. The Kier molecular flexibility index (Phi) is 4.52. The average Bonchev–Trinajstić information content (AvgIpc) is 3.08. The van der Waals surface area contributed by atoms with E-state index >= 15 is 0 Å². The van der Waals surface area contributed by atoms with Crippen molar-refractivity contribution in [2.75, 3.05) is 29.5 Å². The second-order valence-electron chi connectivity index (χ2n) is 6.90. The predicted octanol–water partition coefficient (Wildman–Crippen LogP) is 1.68. The number of sulfone groups is 1. The van der Waals surface area contributed by atoms with Gasteiger partial charge in [-0.25, -0.2) is 22.8 Å². The van der Waals surface area contributed by atoms with Crippen LogP contribution >= 0.6 is 27.3 Å². The van der Waals surface area contributed by atoms with Crippen molar-refractivity contribution in [3.05, 3.63) is 55.2 Å². The number of nitrogens with one attached hydrogen (secondary N) is 1. The quantitative estimate of drug-likeness (QED) is 0.438. The van der Waals surface area contributed by atoms with Crippen LogP contribution in [0.1, 0.15) is 0 Å². The fourth-order valence-corrected chi connectivity index (χ4v) is 6.18. The van der Waals surface area contributed by atoms with Gasteiger partial charge in [0, 0.05) is 24.7 Å². The molecule has 4 aromatic rings. The first-order valence-corrected chi connectivity index (χ1v) is 12.4. The highest BCUT2D eigenvalue weighted by atomic mass is 79.9. The van der Waals surface area contributed by atoms with Crippen LogP contribution in [0.25, 0.3) is 26.8 Å². The van der Waals surface area contributed by atoms with Crippen LogP contribution in [0.3, 0.4) is 0 Å². The molecule has 0 radical (unpaired) electrons. The molecule has 154 valence electrons. The second-order valence-corrected chi connectivity index (χ2v) is 11.6. The Hall–Kier alpha value is -2.57. The molecule has 0 aliphatic carbocycles. The zero-order valence-corrected chi connectivity index (χ0v) is 18.6. The number of hydrogen-bond acceptors (Lipinski definition) is 8. The zero-order chi connectivity index (χ0) is 21.0. The smallest absolute Gasteiger partial charge is 0.333 e. The molecule has 0 amide bonds. The number of anilines is 1. The highest BCUT2D eigenvalue weighted by Crippen LogP contribution is 2.26. The average molecular weight is 508 g/mol. The van der Waals surface area contributed by atoms with Gasteiger partial charge in [-0.3, -0.25) is 9.78 Å². The lowest BCUT2D eigenvalue weighted by molar-refractivity contribution is 0.586. The fourth-order valence-electron chi connectivity index (χ4n) is 3.50. The molecule has 1 aliphatic heterocycles. The van der Waals surface area contributed by atoms with Gasteiger partial charge in [0.1, 0.15) is 16.0 Å². The van der Waals surface area contributed by atoms with E-state index in [1.54, 1.807) is 24.4 Å². The minimum Gasteiger partial charge on any atom is -0.355 e. The maximum Gasteiger partial charge on any atom is 0.333 e. The Morgan fingerprint density at radius 2 is 1.90 bits per heavy atom. The lowest BCUT2D eigenvalue weighted by atomic mass is 10.2. The van der Waals surface area contributed by atoms with Crippen LogP contribution in [0.5, 0.6) is 0 Å². The number of hydrogen-bond donors (Lipinski definition) is 1. The Morgan fingerprint density at radius 3 is 2.67 bits per heavy atom. The van der Waals surface area contributed by atoms with Gasteiger partial charge in [-0.15, -0.1) is 11.3 Å². The van der Waals surface area contributed by atoms with Gasteiger partial charge in [-0.05, 0) is 34.1 Å². The molecule has 9 nitrogen and oxygen atoms in total. The molecule has 1 fully saturated rings. The third-order valence-corrected chi connectivity index (χ3v) is 8.25. The molecule has 5 heterocycles. The minimum atomic E-state index is -3.02. The number of halogens is 1. The van der Waals surface area contributed by atoms with Crippen molar-refractivity contribution in [1.82, 2.24) is 19.5 Å². The molecule has 1 aliphatic rings. The lowest BCUT2D eigenvalue weighted by Crippen LogP contribution is -2.40. The first-order chi connectivity index (χ1) is 14.3. The summed E-state index contributed by atoms with van der Waals surface area (Å²) in [6.45, 7) is 0.688. The third-order valence-electron chi connectivity index (χ3n) is 5.02. The van der Waals surface area contributed by atoms with E-state index in [2.05, 4.69) is 30.9 Å². The molecule has 0 unspecified atom stereocenters. The molecule has 0 bridgehead atoms. The van der Waals surface area contributed by atoms with Crippen LogP contribution in [0, 0.1) is 0 Å². The number of aromatic nitrogens is 4. The van der Waals surface area contributed by atoms with Crippen LogP contribution < -0.4 is 16.1 Å². The molecule has 12 heteroatoms. The molecular weight excluding hydrogens is 494 g/mol. The van der Waals surface area contributed by atoms with Crippen molar-refractivity contribution in [2.24, 2.45) is 0 Å². The molecule has 0 saturated carbocycles. The molecule has 30 heavy (non-hydrogen) atoms. The Bertz CT molecular complexity index is 1530. The van der Waals surface area contributed by atoms with E-state index in [0.717, 1.165) is 8.35 Å². The van der Waals surface area contributed by atoms with Gasteiger partial charge >= 0.3 is 5.69 Å². The van der Waals surface area contributed by atoms with E-state index in [1.165, 1.54) is 17.5 Å². The van der Waals surface area contributed by atoms with Crippen LogP contribution in [0.15, 0.2) is 44.0 Å². The van der Waals surface area contributed by atoms with E-state index in [-0.39, 0.29) is 17.2 Å². The first-order valence-electron chi connectivity index (χ1n) is 8.97. The summed E-state index contributed by atoms with van der Waals surface area (Å²) in [5.74, 6) is 0.729. The third kappa shape index (κ3) is 3.24. The van der Waals surface area contributed by atoms with Gasteiger partial charge in [-0.2, -0.15) is 0 Å². The van der Waals surface area contributed by atoms with Crippen molar-refractivity contribution in [3.63, 3.8) is 0 Å². The van der Waals surface area contributed by atoms with Crippen LogP contribution in [0.4, 0.5) is 5.82 Å². The topological polar surface area (TPSA) is 118 Å². The van der Waals surface area contributed by atoms with Crippen LogP contribution in [-0.4, -0.2) is 52.5 Å². The van der Waals surface area contributed by atoms with Crippen molar-refractivity contribution in [3.8, 4) is 5.69 Å². The number of thiophene rings is 1. The standard InChI is InChI=1S/C18H14BrN5O4S2/c19-13-7-11-16(29-13)17(25)24(18(26)21-11)12-9-20-8-10-1-2-14(22-15(10)12)23-3-5-30(27,28)6-4-23/h1-2,7-9H,3-6H2,(H,21,26). The minimum absolute atomic E-state index is 0.0684. The van der Waals surface area contributed by atoms with Crippen LogP contribution in [0.2, 0.25) is 0 Å². The Morgan fingerprint density at radius 1 is 1.13 bits per heavy atom. The van der Waals surface area contributed by atoms with Gasteiger partial charge in [0.05, 0.1) is 32.7 Å². The molecule has 1 saturated heterocycles. The van der Waals surface area contributed by atoms with E-state index in [0.29, 0.717) is 40.0 Å². The monoisotopic (exact) mass is 507 g/mol. The maximum absolute atomic E-state index is 13.1. The predicted molar refractivity (Wildman–Crippen MR) is 120 cm³/mol. The normalized spacial score (nSPS) is 16.4. The van der Waals surface area contributed by atoms with Gasteiger partial charge in [0.15, 0.2) is 9.84 Å². The Balaban J connectivity index is 1.70. The number of fused-ring (bicyclic) bond motifs is 2. The molecule has 0 spiro atoms. The highest BCUT2D eigenvalue weighted by molar-refractivity contribution is 9.11. The number of nitrogens with zero attached hydrogens (tertiary/aromatic N) is 4. The van der Waals surface area contributed by atoms with E-state index in [4.69, 9.17) is 0 Å². The summed E-state index contributed by atoms with van der Waals surface area (Å²) >= 11 is 4.58. The number of rotatable bonds is 2.